The van der Waals surface area contributed by atoms with Crippen LogP contribution in [0.2, 0.25) is 0 Å². The lowest BCUT2D eigenvalue weighted by atomic mass is 10.1. The summed E-state index contributed by atoms with van der Waals surface area (Å²) in [6, 6.07) is 7.69. The monoisotopic (exact) mass is 319 g/mol. The molecular weight excluding hydrogens is 298 g/mol. The molecule has 1 aromatic carbocycles. The van der Waals surface area contributed by atoms with Gasteiger partial charge in [0.15, 0.2) is 0 Å². The van der Waals surface area contributed by atoms with Crippen LogP contribution < -0.4 is 10.6 Å². The predicted molar refractivity (Wildman–Crippen MR) is 90.4 cm³/mol. The molecule has 22 heavy (non-hydrogen) atoms. The predicted octanol–water partition coefficient (Wildman–Crippen LogP) is 3.52. The maximum atomic E-state index is 11.9. The maximum absolute atomic E-state index is 11.9. The molecule has 0 fully saturated rings. The summed E-state index contributed by atoms with van der Waals surface area (Å²) in [4.78, 5) is 11.9. The van der Waals surface area contributed by atoms with E-state index in [2.05, 4.69) is 22.0 Å². The lowest BCUT2D eigenvalue weighted by molar-refractivity contribution is 0.251. The van der Waals surface area contributed by atoms with Gasteiger partial charge < -0.3 is 15.2 Å². The number of carbonyl (C=O) groups excluding carboxylic acids is 1. The van der Waals surface area contributed by atoms with E-state index in [0.29, 0.717) is 6.54 Å². The average Bonchev–Trinajstić information content (AvgIpc) is 2.83. The Labute approximate surface area is 134 Å². The summed E-state index contributed by atoms with van der Waals surface area (Å²) in [5.41, 5.74) is 3.78. The van der Waals surface area contributed by atoms with Gasteiger partial charge in [-0.05, 0) is 50.0 Å². The van der Waals surface area contributed by atoms with Crippen LogP contribution in [0, 0.1) is 13.8 Å². The van der Waals surface area contributed by atoms with E-state index in [9.17, 15) is 4.79 Å². The Hall–Kier alpha value is -1.95. The molecule has 2 aromatic rings. The topological polar surface area (TPSA) is 67.2 Å². The Morgan fingerprint density at radius 2 is 2.00 bits per heavy atom. The van der Waals surface area contributed by atoms with Crippen molar-refractivity contribution in [3.05, 3.63) is 46.8 Å². The molecule has 0 spiro atoms. The number of benzene rings is 1. The minimum Gasteiger partial charge on any atom is -0.361 e. The summed E-state index contributed by atoms with van der Waals surface area (Å²) in [7, 11) is 0. The number of aromatic nitrogens is 1. The zero-order valence-corrected chi connectivity index (χ0v) is 13.9. The van der Waals surface area contributed by atoms with Gasteiger partial charge in [-0.25, -0.2) is 4.79 Å². The summed E-state index contributed by atoms with van der Waals surface area (Å²) >= 11 is 1.83. The van der Waals surface area contributed by atoms with Gasteiger partial charge >= 0.3 is 6.03 Å². The molecule has 0 aliphatic rings. The number of urea groups is 1. The summed E-state index contributed by atoms with van der Waals surface area (Å²) in [6.07, 6.45) is 3.14. The lowest BCUT2D eigenvalue weighted by Crippen LogP contribution is -2.28. The highest BCUT2D eigenvalue weighted by Crippen LogP contribution is 2.13. The molecule has 6 heteroatoms. The minimum absolute atomic E-state index is 0.239. The Morgan fingerprint density at radius 3 is 2.59 bits per heavy atom. The van der Waals surface area contributed by atoms with Crippen molar-refractivity contribution in [1.29, 1.82) is 0 Å². The molecular formula is C16H21N3O2S. The molecule has 0 atom stereocenters. The number of anilines is 1. The van der Waals surface area contributed by atoms with E-state index in [1.165, 1.54) is 5.56 Å². The molecule has 0 aliphatic heterocycles. The van der Waals surface area contributed by atoms with Crippen molar-refractivity contribution >= 4 is 23.5 Å². The highest BCUT2D eigenvalue weighted by molar-refractivity contribution is 7.98. The van der Waals surface area contributed by atoms with Gasteiger partial charge in [0, 0.05) is 17.8 Å². The minimum atomic E-state index is -0.239. The number of carbonyl (C=O) groups is 1. The number of amides is 2. The number of nitrogens with zero attached hydrogens (tertiary/aromatic N) is 1. The smallest absolute Gasteiger partial charge is 0.319 e. The number of rotatable bonds is 6. The molecule has 2 amide bonds. The fourth-order valence-electron chi connectivity index (χ4n) is 2.07. The highest BCUT2D eigenvalue weighted by atomic mass is 32.2. The summed E-state index contributed by atoms with van der Waals surface area (Å²) in [5, 5.41) is 9.49. The van der Waals surface area contributed by atoms with E-state index >= 15 is 0 Å². The first-order valence-electron chi connectivity index (χ1n) is 7.14. The van der Waals surface area contributed by atoms with Crippen molar-refractivity contribution in [2.24, 2.45) is 0 Å². The maximum Gasteiger partial charge on any atom is 0.319 e. The Kier molecular flexibility index (Phi) is 5.89. The van der Waals surface area contributed by atoms with Crippen molar-refractivity contribution in [2.45, 2.75) is 26.8 Å². The Bertz CT molecular complexity index is 603. The molecule has 0 aliphatic carbocycles. The molecule has 0 unspecified atom stereocenters. The highest BCUT2D eigenvalue weighted by Gasteiger charge is 2.10. The lowest BCUT2D eigenvalue weighted by Gasteiger charge is -2.08. The van der Waals surface area contributed by atoms with Crippen LogP contribution in [-0.2, 0) is 13.0 Å². The van der Waals surface area contributed by atoms with Crippen molar-refractivity contribution in [2.75, 3.05) is 17.3 Å². The number of thioether (sulfide) groups is 1. The fraction of sp³-hybridized carbons (Fsp3) is 0.375. The summed E-state index contributed by atoms with van der Waals surface area (Å²) in [6.45, 7) is 4.10. The van der Waals surface area contributed by atoms with Crippen LogP contribution in [0.1, 0.15) is 22.6 Å². The molecule has 0 saturated carbocycles. The average molecular weight is 319 g/mol. The largest absolute Gasteiger partial charge is 0.361 e. The molecule has 1 aromatic heterocycles. The van der Waals surface area contributed by atoms with Gasteiger partial charge in [0.2, 0.25) is 0 Å². The molecule has 0 radical (unpaired) electrons. The van der Waals surface area contributed by atoms with Crippen molar-refractivity contribution in [3.8, 4) is 0 Å². The van der Waals surface area contributed by atoms with Crippen LogP contribution in [0.3, 0.4) is 0 Å². The Morgan fingerprint density at radius 1 is 1.27 bits per heavy atom. The molecule has 0 saturated heterocycles. The van der Waals surface area contributed by atoms with Crippen molar-refractivity contribution in [1.82, 2.24) is 10.5 Å². The van der Waals surface area contributed by atoms with Crippen molar-refractivity contribution < 1.29 is 9.32 Å². The van der Waals surface area contributed by atoms with Crippen LogP contribution in [0.4, 0.5) is 10.5 Å². The Balaban J connectivity index is 1.84. The van der Waals surface area contributed by atoms with Crippen LogP contribution in [0.15, 0.2) is 28.8 Å². The first-order valence-corrected chi connectivity index (χ1v) is 8.54. The zero-order chi connectivity index (χ0) is 15.9. The van der Waals surface area contributed by atoms with Crippen LogP contribution in [0.25, 0.3) is 0 Å². The number of nitrogens with one attached hydrogen (secondary N) is 2. The molecule has 118 valence electrons. The third-order valence-electron chi connectivity index (χ3n) is 3.41. The first-order chi connectivity index (χ1) is 10.6. The fourth-order valence-corrected chi connectivity index (χ4v) is 2.51. The number of hydrogen-bond donors (Lipinski definition) is 2. The SMILES string of the molecule is CSCCc1ccc(NC(=O)NCc2c(C)noc2C)cc1. The third kappa shape index (κ3) is 4.53. The summed E-state index contributed by atoms with van der Waals surface area (Å²) < 4.78 is 5.07. The van der Waals surface area contributed by atoms with E-state index in [1.807, 2.05) is 49.9 Å². The molecule has 2 rings (SSSR count). The molecule has 2 N–H and O–H groups in total. The number of hydrogen-bond acceptors (Lipinski definition) is 4. The third-order valence-corrected chi connectivity index (χ3v) is 4.03. The van der Waals surface area contributed by atoms with Gasteiger partial charge in [-0.2, -0.15) is 11.8 Å². The van der Waals surface area contributed by atoms with Gasteiger partial charge in [0.1, 0.15) is 5.76 Å². The van der Waals surface area contributed by atoms with Crippen molar-refractivity contribution in [3.63, 3.8) is 0 Å². The first kappa shape index (κ1) is 16.4. The van der Waals surface area contributed by atoms with E-state index in [4.69, 9.17) is 4.52 Å². The van der Waals surface area contributed by atoms with Crippen LogP contribution >= 0.6 is 11.8 Å². The normalized spacial score (nSPS) is 10.5. The second-order valence-corrected chi connectivity index (χ2v) is 6.04. The van der Waals surface area contributed by atoms with Gasteiger partial charge in [0.05, 0.1) is 5.69 Å². The summed E-state index contributed by atoms with van der Waals surface area (Å²) in [5.74, 6) is 1.83. The molecule has 0 bridgehead atoms. The van der Waals surface area contributed by atoms with Gasteiger partial charge in [-0.1, -0.05) is 17.3 Å². The molecule has 1 heterocycles. The zero-order valence-electron chi connectivity index (χ0n) is 13.1. The van der Waals surface area contributed by atoms with Gasteiger partial charge in [0.25, 0.3) is 0 Å². The van der Waals surface area contributed by atoms with E-state index < -0.39 is 0 Å². The van der Waals surface area contributed by atoms with Gasteiger partial charge in [-0.3, -0.25) is 0 Å². The van der Waals surface area contributed by atoms with Crippen LogP contribution in [0.5, 0.6) is 0 Å². The van der Waals surface area contributed by atoms with E-state index in [-0.39, 0.29) is 6.03 Å². The second-order valence-electron chi connectivity index (χ2n) is 5.05. The standard InChI is InChI=1S/C16H21N3O2S/c1-11-15(12(2)21-19-11)10-17-16(20)18-14-6-4-13(5-7-14)8-9-22-3/h4-7H,8-10H2,1-3H3,(H2,17,18,20). The number of aryl methyl sites for hydroxylation is 3. The van der Waals surface area contributed by atoms with Crippen LogP contribution in [-0.4, -0.2) is 23.2 Å². The second kappa shape index (κ2) is 7.89. The van der Waals surface area contributed by atoms with E-state index in [0.717, 1.165) is 34.9 Å². The molecule has 5 nitrogen and oxygen atoms in total. The quantitative estimate of drug-likeness (QED) is 0.855. The van der Waals surface area contributed by atoms with E-state index in [1.54, 1.807) is 0 Å². The van der Waals surface area contributed by atoms with Gasteiger partial charge in [-0.15, -0.1) is 0 Å².